The first-order valence-corrected chi connectivity index (χ1v) is 6.72. The first-order chi connectivity index (χ1) is 6.79. The molecule has 1 rings (SSSR count). The number of likely N-dealkylation sites (tertiary alicyclic amines) is 1. The first kappa shape index (κ1) is 12.5. The molecule has 0 saturated carbocycles. The summed E-state index contributed by atoms with van der Waals surface area (Å²) in [5.74, 6) is 0. The van der Waals surface area contributed by atoms with Crippen molar-refractivity contribution < 1.29 is 4.74 Å². The van der Waals surface area contributed by atoms with Gasteiger partial charge in [-0.1, -0.05) is 22.4 Å². The second kappa shape index (κ2) is 6.81. The molecule has 3 heteroatoms. The van der Waals surface area contributed by atoms with Gasteiger partial charge in [0.15, 0.2) is 0 Å². The van der Waals surface area contributed by atoms with Gasteiger partial charge in [0.25, 0.3) is 0 Å². The van der Waals surface area contributed by atoms with Crippen molar-refractivity contribution in [1.29, 1.82) is 0 Å². The predicted molar refractivity (Wildman–Crippen MR) is 64.1 cm³/mol. The van der Waals surface area contributed by atoms with Gasteiger partial charge in [0.1, 0.15) is 0 Å². The molecule has 2 unspecified atom stereocenters. The van der Waals surface area contributed by atoms with Gasteiger partial charge in [0.2, 0.25) is 0 Å². The van der Waals surface area contributed by atoms with Gasteiger partial charge in [-0.15, -0.1) is 0 Å². The molecule has 0 spiro atoms. The minimum absolute atomic E-state index is 0.573. The van der Waals surface area contributed by atoms with E-state index >= 15 is 0 Å². The van der Waals surface area contributed by atoms with Gasteiger partial charge in [0.05, 0.1) is 6.61 Å². The summed E-state index contributed by atoms with van der Waals surface area (Å²) >= 11 is 3.54. The second-order valence-corrected chi connectivity index (χ2v) is 4.96. The zero-order valence-electron chi connectivity index (χ0n) is 9.34. The third-order valence-electron chi connectivity index (χ3n) is 3.09. The van der Waals surface area contributed by atoms with Crippen molar-refractivity contribution in [3.63, 3.8) is 0 Å². The zero-order valence-corrected chi connectivity index (χ0v) is 10.9. The lowest BCUT2D eigenvalue weighted by molar-refractivity contribution is 0.0480. The van der Waals surface area contributed by atoms with Gasteiger partial charge in [-0.3, -0.25) is 4.90 Å². The minimum atomic E-state index is 0.573. The van der Waals surface area contributed by atoms with Crippen molar-refractivity contribution in [2.24, 2.45) is 0 Å². The summed E-state index contributed by atoms with van der Waals surface area (Å²) in [5, 5.41) is 1.12. The van der Waals surface area contributed by atoms with Crippen LogP contribution in [0, 0.1) is 0 Å². The molecule has 1 fully saturated rings. The van der Waals surface area contributed by atoms with Crippen LogP contribution in [0.4, 0.5) is 0 Å². The summed E-state index contributed by atoms with van der Waals surface area (Å²) in [6.07, 6.45) is 5.38. The van der Waals surface area contributed by atoms with Crippen LogP contribution < -0.4 is 0 Å². The monoisotopic (exact) mass is 263 g/mol. The lowest BCUT2D eigenvalue weighted by Crippen LogP contribution is -2.46. The zero-order chi connectivity index (χ0) is 10.4. The van der Waals surface area contributed by atoms with Crippen LogP contribution in [0.2, 0.25) is 0 Å². The fraction of sp³-hybridized carbons (Fsp3) is 1.00. The van der Waals surface area contributed by atoms with Crippen molar-refractivity contribution in [3.8, 4) is 0 Å². The molecule has 1 aliphatic rings. The van der Waals surface area contributed by atoms with Crippen molar-refractivity contribution >= 4 is 15.9 Å². The molecule has 2 atom stereocenters. The number of hydrogen-bond donors (Lipinski definition) is 0. The van der Waals surface area contributed by atoms with Crippen molar-refractivity contribution in [3.05, 3.63) is 0 Å². The average molecular weight is 264 g/mol. The summed E-state index contributed by atoms with van der Waals surface area (Å²) in [6.45, 7) is 4.39. The number of halogens is 1. The molecular formula is C11H22BrNO. The molecule has 0 aromatic heterocycles. The van der Waals surface area contributed by atoms with E-state index in [-0.39, 0.29) is 0 Å². The van der Waals surface area contributed by atoms with Crippen LogP contribution in [-0.4, -0.2) is 42.6 Å². The van der Waals surface area contributed by atoms with Crippen LogP contribution >= 0.6 is 15.9 Å². The maximum Gasteiger partial charge on any atom is 0.0615 e. The summed E-state index contributed by atoms with van der Waals surface area (Å²) in [7, 11) is 1.79. The highest BCUT2D eigenvalue weighted by Gasteiger charge is 2.25. The molecule has 0 aromatic rings. The van der Waals surface area contributed by atoms with Gasteiger partial charge in [-0.2, -0.15) is 0 Å². The lowest BCUT2D eigenvalue weighted by atomic mass is 9.98. The Kier molecular flexibility index (Phi) is 6.06. The topological polar surface area (TPSA) is 12.5 Å². The van der Waals surface area contributed by atoms with Gasteiger partial charge in [0, 0.05) is 24.5 Å². The van der Waals surface area contributed by atoms with Crippen LogP contribution in [0.3, 0.4) is 0 Å². The number of methoxy groups -OCH3 is 1. The van der Waals surface area contributed by atoms with E-state index in [1.165, 1.54) is 32.2 Å². The van der Waals surface area contributed by atoms with E-state index in [0.29, 0.717) is 6.04 Å². The van der Waals surface area contributed by atoms with Crippen molar-refractivity contribution in [1.82, 2.24) is 4.90 Å². The lowest BCUT2D eigenvalue weighted by Gasteiger charge is -2.39. The Bertz CT molecular complexity index is 152. The Morgan fingerprint density at radius 1 is 1.50 bits per heavy atom. The quantitative estimate of drug-likeness (QED) is 0.708. The molecular weight excluding hydrogens is 242 g/mol. The highest BCUT2D eigenvalue weighted by Crippen LogP contribution is 2.22. The largest absolute Gasteiger partial charge is 0.383 e. The van der Waals surface area contributed by atoms with Crippen LogP contribution in [0.15, 0.2) is 0 Å². The number of ether oxygens (including phenoxy) is 1. The minimum Gasteiger partial charge on any atom is -0.383 e. The highest BCUT2D eigenvalue weighted by molar-refractivity contribution is 9.09. The number of rotatable bonds is 5. The van der Waals surface area contributed by atoms with Gasteiger partial charge in [-0.05, 0) is 32.7 Å². The molecule has 0 amide bonds. The van der Waals surface area contributed by atoms with Crippen LogP contribution in [0.5, 0.6) is 0 Å². The highest BCUT2D eigenvalue weighted by atomic mass is 79.9. The Morgan fingerprint density at radius 3 is 2.93 bits per heavy atom. The van der Waals surface area contributed by atoms with E-state index in [0.717, 1.165) is 18.0 Å². The normalized spacial score (nSPS) is 26.4. The fourth-order valence-electron chi connectivity index (χ4n) is 2.38. The van der Waals surface area contributed by atoms with Gasteiger partial charge in [-0.25, -0.2) is 0 Å². The molecule has 1 aliphatic heterocycles. The standard InChI is InChI=1S/C11H22BrNO/c1-10(9-14-2)13-8-4-3-5-11(13)6-7-12/h10-11H,3-9H2,1-2H3. The Labute approximate surface area is 96.1 Å². The maximum atomic E-state index is 5.23. The van der Waals surface area contributed by atoms with Crippen LogP contribution in [0.25, 0.3) is 0 Å². The maximum absolute atomic E-state index is 5.23. The Balaban J connectivity index is 2.44. The summed E-state index contributed by atoms with van der Waals surface area (Å²) in [4.78, 5) is 2.62. The summed E-state index contributed by atoms with van der Waals surface area (Å²) in [6, 6.07) is 1.35. The number of piperidine rings is 1. The fourth-order valence-corrected chi connectivity index (χ4v) is 2.90. The molecule has 0 aliphatic carbocycles. The molecule has 84 valence electrons. The van der Waals surface area contributed by atoms with Gasteiger partial charge >= 0.3 is 0 Å². The molecule has 1 heterocycles. The van der Waals surface area contributed by atoms with Gasteiger partial charge < -0.3 is 4.74 Å². The first-order valence-electron chi connectivity index (χ1n) is 5.60. The smallest absolute Gasteiger partial charge is 0.0615 e. The van der Waals surface area contributed by atoms with E-state index < -0.39 is 0 Å². The second-order valence-electron chi connectivity index (χ2n) is 4.17. The molecule has 0 N–H and O–H groups in total. The van der Waals surface area contributed by atoms with E-state index in [9.17, 15) is 0 Å². The Morgan fingerprint density at radius 2 is 2.29 bits per heavy atom. The molecule has 1 saturated heterocycles. The summed E-state index contributed by atoms with van der Waals surface area (Å²) < 4.78 is 5.23. The van der Waals surface area contributed by atoms with E-state index in [1.807, 2.05) is 0 Å². The van der Waals surface area contributed by atoms with Crippen LogP contribution in [-0.2, 0) is 4.74 Å². The molecule has 0 aromatic carbocycles. The third kappa shape index (κ3) is 3.52. The van der Waals surface area contributed by atoms with E-state index in [2.05, 4.69) is 27.8 Å². The molecule has 2 nitrogen and oxygen atoms in total. The van der Waals surface area contributed by atoms with E-state index in [1.54, 1.807) is 7.11 Å². The predicted octanol–water partition coefficient (Wildman–Crippen LogP) is 2.66. The van der Waals surface area contributed by atoms with E-state index in [4.69, 9.17) is 4.74 Å². The third-order valence-corrected chi connectivity index (χ3v) is 3.55. The average Bonchev–Trinajstić information content (AvgIpc) is 2.19. The number of hydrogen-bond acceptors (Lipinski definition) is 2. The molecule has 0 radical (unpaired) electrons. The van der Waals surface area contributed by atoms with Crippen LogP contribution in [0.1, 0.15) is 32.6 Å². The Hall–Kier alpha value is 0.400. The van der Waals surface area contributed by atoms with Crippen molar-refractivity contribution in [2.75, 3.05) is 25.6 Å². The summed E-state index contributed by atoms with van der Waals surface area (Å²) in [5.41, 5.74) is 0. The SMILES string of the molecule is COCC(C)N1CCCCC1CCBr. The number of nitrogens with zero attached hydrogens (tertiary/aromatic N) is 1. The molecule has 14 heavy (non-hydrogen) atoms. The van der Waals surface area contributed by atoms with Crippen molar-refractivity contribution in [2.45, 2.75) is 44.7 Å². The molecule has 0 bridgehead atoms. The number of alkyl halides is 1.